The number of aryl methyl sites for hydroxylation is 1. The van der Waals surface area contributed by atoms with Crippen molar-refractivity contribution >= 4 is 29.7 Å². The molecule has 8 nitrogen and oxygen atoms in total. The van der Waals surface area contributed by atoms with Crippen molar-refractivity contribution in [3.05, 3.63) is 29.3 Å². The van der Waals surface area contributed by atoms with Crippen LogP contribution in [-0.4, -0.2) is 64.2 Å². The van der Waals surface area contributed by atoms with E-state index in [1.54, 1.807) is 62.6 Å². The van der Waals surface area contributed by atoms with Gasteiger partial charge in [-0.15, -0.1) is 0 Å². The van der Waals surface area contributed by atoms with Gasteiger partial charge in [0.05, 0.1) is 0 Å². The quantitative estimate of drug-likeness (QED) is 0.349. The minimum Gasteiger partial charge on any atom is -0.508 e. The van der Waals surface area contributed by atoms with Gasteiger partial charge in [0.2, 0.25) is 11.8 Å². The van der Waals surface area contributed by atoms with E-state index in [0.29, 0.717) is 29.8 Å². The van der Waals surface area contributed by atoms with E-state index in [9.17, 15) is 19.5 Å². The summed E-state index contributed by atoms with van der Waals surface area (Å²) in [7, 11) is 0. The molecule has 9 heteroatoms. The number of thioether (sulfide) groups is 1. The third kappa shape index (κ3) is 8.61. The molecule has 4 unspecified atom stereocenters. The minimum atomic E-state index is -0.874. The van der Waals surface area contributed by atoms with Crippen LogP contribution >= 0.6 is 11.8 Å². The Bertz CT molecular complexity index is 917. The molecule has 0 radical (unpaired) electrons. The Morgan fingerprint density at radius 3 is 2.47 bits per heavy atom. The summed E-state index contributed by atoms with van der Waals surface area (Å²) < 4.78 is 5.43. The molecule has 0 aliphatic heterocycles. The Labute approximate surface area is 219 Å². The first-order chi connectivity index (χ1) is 16.9. The third-order valence-corrected chi connectivity index (χ3v) is 6.82. The average Bonchev–Trinajstić information content (AvgIpc) is 3.51. The second-order valence-corrected chi connectivity index (χ2v) is 11.6. The lowest BCUT2D eigenvalue weighted by molar-refractivity contribution is -0.143. The van der Waals surface area contributed by atoms with Gasteiger partial charge in [-0.1, -0.05) is 26.3 Å². The number of hydrogen-bond acceptors (Lipinski definition) is 6. The molecule has 0 bridgehead atoms. The van der Waals surface area contributed by atoms with Gasteiger partial charge in [-0.2, -0.15) is 11.8 Å². The van der Waals surface area contributed by atoms with Crippen molar-refractivity contribution in [1.29, 1.82) is 0 Å². The molecule has 1 aromatic carbocycles. The standard InChI is InChI=1S/C27H43N3O5S/c1-8-9-13-28-24(32)23(19-10-11-22(31)18(3)15-19)30(21-16-17(21)2)25(33)20(12-14-36-7)29-26(34)35-27(4,5)6/h10-11,15,17,20-21,23,31H,8-9,12-14,16H2,1-7H3,(H,28,32)(H,29,34). The van der Waals surface area contributed by atoms with E-state index in [1.807, 2.05) is 13.2 Å². The van der Waals surface area contributed by atoms with Crippen molar-refractivity contribution in [2.75, 3.05) is 18.6 Å². The zero-order chi connectivity index (χ0) is 27.0. The van der Waals surface area contributed by atoms with E-state index < -0.39 is 23.8 Å². The maximum Gasteiger partial charge on any atom is 0.408 e. The fraction of sp³-hybridized carbons (Fsp3) is 0.667. The summed E-state index contributed by atoms with van der Waals surface area (Å²) in [5.74, 6) is 0.464. The largest absolute Gasteiger partial charge is 0.508 e. The highest BCUT2D eigenvalue weighted by Gasteiger charge is 2.48. The molecule has 0 heterocycles. The maximum atomic E-state index is 14.1. The maximum absolute atomic E-state index is 14.1. The highest BCUT2D eigenvalue weighted by Crippen LogP contribution is 2.41. The van der Waals surface area contributed by atoms with Crippen LogP contribution in [0.2, 0.25) is 0 Å². The van der Waals surface area contributed by atoms with Crippen molar-refractivity contribution in [1.82, 2.24) is 15.5 Å². The van der Waals surface area contributed by atoms with Gasteiger partial charge in [-0.05, 0) is 88.1 Å². The number of alkyl carbamates (subject to hydrolysis) is 1. The molecule has 1 fully saturated rings. The fourth-order valence-electron chi connectivity index (χ4n) is 4.07. The monoisotopic (exact) mass is 521 g/mol. The van der Waals surface area contributed by atoms with E-state index in [0.717, 1.165) is 19.3 Å². The number of hydrogen-bond donors (Lipinski definition) is 3. The van der Waals surface area contributed by atoms with Gasteiger partial charge in [0.15, 0.2) is 0 Å². The lowest BCUT2D eigenvalue weighted by Crippen LogP contribution is -2.54. The van der Waals surface area contributed by atoms with Gasteiger partial charge in [0.1, 0.15) is 23.4 Å². The predicted octanol–water partition coefficient (Wildman–Crippen LogP) is 4.54. The van der Waals surface area contributed by atoms with Gasteiger partial charge < -0.3 is 25.4 Å². The highest BCUT2D eigenvalue weighted by atomic mass is 32.2. The summed E-state index contributed by atoms with van der Waals surface area (Å²) in [6.45, 7) is 11.7. The number of amides is 3. The number of phenolic OH excluding ortho intramolecular Hbond substituents is 1. The van der Waals surface area contributed by atoms with Crippen LogP contribution in [0.15, 0.2) is 18.2 Å². The second kappa shape index (κ2) is 13.2. The van der Waals surface area contributed by atoms with E-state index in [-0.39, 0.29) is 29.5 Å². The molecule has 4 atom stereocenters. The van der Waals surface area contributed by atoms with Gasteiger partial charge in [0.25, 0.3) is 0 Å². The second-order valence-electron chi connectivity index (χ2n) is 10.6. The molecule has 0 aromatic heterocycles. The van der Waals surface area contributed by atoms with Crippen LogP contribution in [0.25, 0.3) is 0 Å². The van der Waals surface area contributed by atoms with E-state index in [2.05, 4.69) is 17.6 Å². The summed E-state index contributed by atoms with van der Waals surface area (Å²) in [6.07, 6.45) is 4.24. The molecule has 202 valence electrons. The number of carbonyl (C=O) groups excluding carboxylic acids is 3. The molecule has 3 amide bonds. The number of ether oxygens (including phenoxy) is 1. The number of rotatable bonds is 12. The first-order valence-electron chi connectivity index (χ1n) is 12.8. The molecule has 0 spiro atoms. The number of nitrogens with one attached hydrogen (secondary N) is 2. The molecule has 0 saturated heterocycles. The zero-order valence-electron chi connectivity index (χ0n) is 22.7. The molecule has 1 aliphatic rings. The van der Waals surface area contributed by atoms with Gasteiger partial charge in [-0.25, -0.2) is 4.79 Å². The highest BCUT2D eigenvalue weighted by molar-refractivity contribution is 7.98. The van der Waals surface area contributed by atoms with E-state index >= 15 is 0 Å². The Balaban J connectivity index is 2.46. The molecule has 2 rings (SSSR count). The number of nitrogens with zero attached hydrogens (tertiary/aromatic N) is 1. The van der Waals surface area contributed by atoms with Crippen LogP contribution < -0.4 is 10.6 Å². The number of carbonyl (C=O) groups is 3. The van der Waals surface area contributed by atoms with Gasteiger partial charge in [-0.3, -0.25) is 9.59 Å². The number of benzene rings is 1. The van der Waals surface area contributed by atoms with Crippen molar-refractivity contribution in [2.24, 2.45) is 5.92 Å². The first-order valence-corrected chi connectivity index (χ1v) is 14.2. The first kappa shape index (κ1) is 29.8. The van der Waals surface area contributed by atoms with Crippen LogP contribution in [0.4, 0.5) is 4.79 Å². The van der Waals surface area contributed by atoms with Crippen molar-refractivity contribution in [3.8, 4) is 5.75 Å². The Kier molecular flexibility index (Phi) is 10.9. The molecule has 36 heavy (non-hydrogen) atoms. The molecule has 3 N–H and O–H groups in total. The summed E-state index contributed by atoms with van der Waals surface area (Å²) in [5, 5.41) is 15.8. The summed E-state index contributed by atoms with van der Waals surface area (Å²) in [6, 6.07) is 3.18. The lowest BCUT2D eigenvalue weighted by Gasteiger charge is -2.35. The zero-order valence-corrected chi connectivity index (χ0v) is 23.5. The molecular formula is C27H43N3O5S. The molecular weight excluding hydrogens is 478 g/mol. The average molecular weight is 522 g/mol. The SMILES string of the molecule is CCCCNC(=O)C(c1ccc(O)c(C)c1)N(C(=O)C(CCSC)NC(=O)OC(C)(C)C)C1CC1C. The molecule has 1 saturated carbocycles. The van der Waals surface area contributed by atoms with Crippen LogP contribution in [-0.2, 0) is 14.3 Å². The van der Waals surface area contributed by atoms with Crippen molar-refractivity contribution < 1.29 is 24.2 Å². The van der Waals surface area contributed by atoms with Crippen LogP contribution in [0.5, 0.6) is 5.75 Å². The summed E-state index contributed by atoms with van der Waals surface area (Å²) in [5.41, 5.74) is 0.557. The smallest absolute Gasteiger partial charge is 0.408 e. The molecule has 1 aromatic rings. The number of phenols is 1. The third-order valence-electron chi connectivity index (χ3n) is 6.17. The Hall–Kier alpha value is -2.42. The van der Waals surface area contributed by atoms with Crippen LogP contribution in [0.3, 0.4) is 0 Å². The van der Waals surface area contributed by atoms with E-state index in [4.69, 9.17) is 4.74 Å². The Morgan fingerprint density at radius 2 is 1.94 bits per heavy atom. The Morgan fingerprint density at radius 1 is 1.28 bits per heavy atom. The number of aromatic hydroxyl groups is 1. The summed E-state index contributed by atoms with van der Waals surface area (Å²) >= 11 is 1.58. The van der Waals surface area contributed by atoms with Crippen LogP contribution in [0, 0.1) is 12.8 Å². The van der Waals surface area contributed by atoms with Gasteiger partial charge in [0, 0.05) is 12.6 Å². The minimum absolute atomic E-state index is 0.120. The normalized spacial score (nSPS) is 18.6. The lowest BCUT2D eigenvalue weighted by atomic mass is 9.99. The predicted molar refractivity (Wildman–Crippen MR) is 144 cm³/mol. The topological polar surface area (TPSA) is 108 Å². The van der Waals surface area contributed by atoms with E-state index in [1.165, 1.54) is 0 Å². The molecule has 1 aliphatic carbocycles. The van der Waals surface area contributed by atoms with Crippen molar-refractivity contribution in [3.63, 3.8) is 0 Å². The fourth-order valence-corrected chi connectivity index (χ4v) is 4.54. The van der Waals surface area contributed by atoms with Crippen LogP contribution in [0.1, 0.15) is 77.5 Å². The number of unbranched alkanes of at least 4 members (excludes halogenated alkanes) is 1. The summed E-state index contributed by atoms with van der Waals surface area (Å²) in [4.78, 5) is 41.9. The van der Waals surface area contributed by atoms with Gasteiger partial charge >= 0.3 is 6.09 Å². The van der Waals surface area contributed by atoms with Crippen molar-refractivity contribution in [2.45, 2.75) is 91.0 Å².